The molecular weight excluding hydrogens is 372 g/mol. The molecule has 6 heteroatoms. The summed E-state index contributed by atoms with van der Waals surface area (Å²) >= 11 is 0. The molecule has 29 heavy (non-hydrogen) atoms. The van der Waals surface area contributed by atoms with Crippen LogP contribution in [-0.4, -0.2) is 22.0 Å². The van der Waals surface area contributed by atoms with Crippen LogP contribution in [0.5, 0.6) is 5.75 Å². The number of aromatic hydroxyl groups is 1. The molecule has 1 aromatic rings. The lowest BCUT2D eigenvalue weighted by Gasteiger charge is -2.05. The molecule has 0 unspecified atom stereocenters. The number of carbonyl (C=O) groups excluding carboxylic acids is 1. The number of carboxylic acid groups (broad SMARTS) is 1. The van der Waals surface area contributed by atoms with E-state index in [4.69, 9.17) is 9.52 Å². The summed E-state index contributed by atoms with van der Waals surface area (Å²) in [6.45, 7) is 5.73. The van der Waals surface area contributed by atoms with Crippen LogP contribution in [0.3, 0.4) is 0 Å². The molecule has 0 bridgehead atoms. The lowest BCUT2D eigenvalue weighted by Crippen LogP contribution is -2.16. The fourth-order valence-corrected chi connectivity index (χ4v) is 2.72. The summed E-state index contributed by atoms with van der Waals surface area (Å²) in [7, 11) is 0. The number of aliphatic carboxylic acids is 1. The summed E-state index contributed by atoms with van der Waals surface area (Å²) in [5.74, 6) is -1.74. The van der Waals surface area contributed by atoms with Gasteiger partial charge in [-0.1, -0.05) is 43.6 Å². The maximum Gasteiger partial charge on any atom is 0.351 e. The lowest BCUT2D eigenvalue weighted by molar-refractivity contribution is -0.131. The van der Waals surface area contributed by atoms with E-state index in [2.05, 4.69) is 6.92 Å². The highest BCUT2D eigenvalue weighted by atomic mass is 16.4. The lowest BCUT2D eigenvalue weighted by atomic mass is 10.0. The van der Waals surface area contributed by atoms with Gasteiger partial charge in [-0.15, -0.1) is 0 Å². The summed E-state index contributed by atoms with van der Waals surface area (Å²) in [6, 6.07) is 1.27. The Balaban J connectivity index is 2.83. The van der Waals surface area contributed by atoms with Gasteiger partial charge in [0, 0.05) is 18.6 Å². The fourth-order valence-electron chi connectivity index (χ4n) is 2.72. The Morgan fingerprint density at radius 3 is 2.48 bits per heavy atom. The molecular formula is C23H30O6. The number of rotatable bonds is 12. The van der Waals surface area contributed by atoms with Crippen LogP contribution >= 0.6 is 0 Å². The molecule has 0 fully saturated rings. The topological polar surface area (TPSA) is 105 Å². The number of carbonyl (C=O) groups is 2. The molecule has 1 rings (SSSR count). The van der Waals surface area contributed by atoms with Crippen molar-refractivity contribution in [1.29, 1.82) is 0 Å². The standard InChI is InChI=1S/C23H30O6/c1-4-5-7-10-16(2)13-14-17(3)22(27)21-19(24)15-18(29-23(21)28)11-8-6-9-12-20(25)26/h9,12-15,24H,4-8,10-11H2,1-3H3,(H,25,26)/b12-9+,16-13-,17-14+. The van der Waals surface area contributed by atoms with Gasteiger partial charge in [-0.25, -0.2) is 9.59 Å². The van der Waals surface area contributed by atoms with Gasteiger partial charge in [0.2, 0.25) is 0 Å². The van der Waals surface area contributed by atoms with Crippen LogP contribution in [0, 0.1) is 0 Å². The van der Waals surface area contributed by atoms with Crippen LogP contribution in [0.25, 0.3) is 0 Å². The third kappa shape index (κ3) is 8.77. The van der Waals surface area contributed by atoms with Crippen molar-refractivity contribution in [3.63, 3.8) is 0 Å². The van der Waals surface area contributed by atoms with Crippen LogP contribution in [-0.2, 0) is 11.2 Å². The Kier molecular flexibility index (Phi) is 10.4. The molecule has 0 atom stereocenters. The largest absolute Gasteiger partial charge is 0.507 e. The predicted molar refractivity (Wildman–Crippen MR) is 112 cm³/mol. The van der Waals surface area contributed by atoms with E-state index in [9.17, 15) is 19.5 Å². The van der Waals surface area contributed by atoms with E-state index < -0.39 is 23.1 Å². The second kappa shape index (κ2) is 12.5. The van der Waals surface area contributed by atoms with Gasteiger partial charge in [-0.3, -0.25) is 4.79 Å². The Morgan fingerprint density at radius 1 is 1.14 bits per heavy atom. The van der Waals surface area contributed by atoms with Crippen molar-refractivity contribution < 1.29 is 24.2 Å². The summed E-state index contributed by atoms with van der Waals surface area (Å²) in [6.07, 6.45) is 11.8. The number of allylic oxidation sites excluding steroid dienone is 5. The van der Waals surface area contributed by atoms with E-state index in [0.717, 1.165) is 37.3 Å². The molecule has 0 amide bonds. The second-order valence-electron chi connectivity index (χ2n) is 7.04. The molecule has 0 spiro atoms. The quantitative estimate of drug-likeness (QED) is 0.221. The van der Waals surface area contributed by atoms with Crippen molar-refractivity contribution >= 4 is 11.8 Å². The molecule has 1 aromatic heterocycles. The minimum Gasteiger partial charge on any atom is -0.507 e. The first-order chi connectivity index (χ1) is 13.8. The third-order valence-electron chi connectivity index (χ3n) is 4.41. The van der Waals surface area contributed by atoms with Gasteiger partial charge >= 0.3 is 11.6 Å². The Labute approximate surface area is 171 Å². The molecule has 0 radical (unpaired) electrons. The first-order valence-corrected chi connectivity index (χ1v) is 9.90. The molecule has 6 nitrogen and oxygen atoms in total. The molecule has 0 aliphatic carbocycles. The maximum absolute atomic E-state index is 12.6. The molecule has 0 aromatic carbocycles. The van der Waals surface area contributed by atoms with Gasteiger partial charge in [0.25, 0.3) is 0 Å². The van der Waals surface area contributed by atoms with Crippen molar-refractivity contribution in [3.8, 4) is 5.75 Å². The average Bonchev–Trinajstić information content (AvgIpc) is 2.65. The van der Waals surface area contributed by atoms with Gasteiger partial charge in [-0.05, 0) is 45.1 Å². The molecule has 158 valence electrons. The van der Waals surface area contributed by atoms with Gasteiger partial charge in [0.1, 0.15) is 17.1 Å². The van der Waals surface area contributed by atoms with Crippen molar-refractivity contribution in [2.24, 2.45) is 0 Å². The number of carboxylic acids is 1. The van der Waals surface area contributed by atoms with Gasteiger partial charge in [0.15, 0.2) is 5.78 Å². The van der Waals surface area contributed by atoms with Gasteiger partial charge < -0.3 is 14.6 Å². The Morgan fingerprint density at radius 2 is 1.86 bits per heavy atom. The molecule has 2 N–H and O–H groups in total. The molecule has 0 aliphatic heterocycles. The molecule has 1 heterocycles. The fraction of sp³-hybridized carbons (Fsp3) is 0.435. The van der Waals surface area contributed by atoms with E-state index in [1.165, 1.54) is 12.1 Å². The van der Waals surface area contributed by atoms with Crippen molar-refractivity contribution in [3.05, 3.63) is 63.3 Å². The average molecular weight is 402 g/mol. The normalized spacial score (nSPS) is 12.5. The van der Waals surface area contributed by atoms with Crippen LogP contribution in [0.15, 0.2) is 50.7 Å². The van der Waals surface area contributed by atoms with E-state index in [1.807, 2.05) is 13.0 Å². The predicted octanol–water partition coefficient (Wildman–Crippen LogP) is 4.96. The maximum atomic E-state index is 12.6. The first kappa shape index (κ1) is 24.1. The zero-order valence-electron chi connectivity index (χ0n) is 17.4. The van der Waals surface area contributed by atoms with Crippen LogP contribution in [0.4, 0.5) is 0 Å². The Hall–Kier alpha value is -2.89. The van der Waals surface area contributed by atoms with Crippen LogP contribution < -0.4 is 5.63 Å². The van der Waals surface area contributed by atoms with Crippen molar-refractivity contribution in [2.75, 3.05) is 0 Å². The number of Topliss-reactive ketones (excluding diaryl/α,β-unsaturated/α-hetero) is 1. The number of unbranched alkanes of at least 4 members (excludes halogenated alkanes) is 3. The number of aryl methyl sites for hydroxylation is 1. The molecule has 0 aliphatic rings. The highest BCUT2D eigenvalue weighted by Crippen LogP contribution is 2.20. The third-order valence-corrected chi connectivity index (χ3v) is 4.41. The van der Waals surface area contributed by atoms with Crippen LogP contribution in [0.1, 0.15) is 75.4 Å². The highest BCUT2D eigenvalue weighted by Gasteiger charge is 2.20. The zero-order chi connectivity index (χ0) is 21.8. The van der Waals surface area contributed by atoms with Crippen LogP contribution in [0.2, 0.25) is 0 Å². The number of ketones is 1. The van der Waals surface area contributed by atoms with E-state index >= 15 is 0 Å². The summed E-state index contributed by atoms with van der Waals surface area (Å²) in [5, 5.41) is 18.7. The van der Waals surface area contributed by atoms with E-state index in [0.29, 0.717) is 24.8 Å². The molecule has 0 saturated heterocycles. The second-order valence-corrected chi connectivity index (χ2v) is 7.04. The molecule has 0 saturated carbocycles. The Bertz CT molecular complexity index is 855. The smallest absolute Gasteiger partial charge is 0.351 e. The minimum atomic E-state index is -1.02. The highest BCUT2D eigenvalue weighted by molar-refractivity contribution is 6.09. The van der Waals surface area contributed by atoms with Gasteiger partial charge in [-0.2, -0.15) is 0 Å². The summed E-state index contributed by atoms with van der Waals surface area (Å²) in [5.41, 5.74) is 0.246. The number of hydrogen-bond acceptors (Lipinski definition) is 5. The SMILES string of the molecule is CCCCC/C(C)=C\C=C(/C)C(=O)c1c(O)cc(CCC/C=C/C(=O)O)oc1=O. The van der Waals surface area contributed by atoms with E-state index in [-0.39, 0.29) is 11.3 Å². The zero-order valence-corrected chi connectivity index (χ0v) is 17.4. The first-order valence-electron chi connectivity index (χ1n) is 9.90. The van der Waals surface area contributed by atoms with Crippen molar-refractivity contribution in [2.45, 2.75) is 65.7 Å². The minimum absolute atomic E-state index is 0.251. The summed E-state index contributed by atoms with van der Waals surface area (Å²) < 4.78 is 5.16. The van der Waals surface area contributed by atoms with E-state index in [1.54, 1.807) is 13.0 Å². The monoisotopic (exact) mass is 402 g/mol. The van der Waals surface area contributed by atoms with Gasteiger partial charge in [0.05, 0.1) is 0 Å². The van der Waals surface area contributed by atoms with Crippen molar-refractivity contribution in [1.82, 2.24) is 0 Å². The summed E-state index contributed by atoms with van der Waals surface area (Å²) in [4.78, 5) is 35.2. The number of hydrogen-bond donors (Lipinski definition) is 2.